The largest absolute Gasteiger partial charge is 0.459 e. The molecule has 7 nitrogen and oxygen atoms in total. The molecule has 1 aromatic carbocycles. The number of aromatic nitrogens is 2. The highest BCUT2D eigenvalue weighted by atomic mass is 16.3. The summed E-state index contributed by atoms with van der Waals surface area (Å²) in [6, 6.07) is 12.7. The highest BCUT2D eigenvalue weighted by molar-refractivity contribution is 5.93. The summed E-state index contributed by atoms with van der Waals surface area (Å²) in [5, 5.41) is 9.63. The number of furan rings is 1. The predicted octanol–water partition coefficient (Wildman–Crippen LogP) is 2.28. The van der Waals surface area contributed by atoms with Crippen LogP contribution >= 0.6 is 0 Å². The summed E-state index contributed by atoms with van der Waals surface area (Å²) in [5.74, 6) is -0.276. The maximum Gasteiger partial charge on any atom is 0.286 e. The molecule has 0 bridgehead atoms. The van der Waals surface area contributed by atoms with Crippen LogP contribution in [0.25, 0.3) is 0 Å². The molecule has 0 saturated heterocycles. The van der Waals surface area contributed by atoms with Crippen molar-refractivity contribution >= 4 is 17.5 Å². The molecule has 0 aliphatic carbocycles. The highest BCUT2D eigenvalue weighted by Crippen LogP contribution is 2.12. The van der Waals surface area contributed by atoms with Crippen molar-refractivity contribution in [2.45, 2.75) is 13.0 Å². The van der Waals surface area contributed by atoms with Crippen molar-refractivity contribution in [1.82, 2.24) is 15.1 Å². The lowest BCUT2D eigenvalue weighted by molar-refractivity contribution is -0.116. The second kappa shape index (κ2) is 7.96. The molecule has 25 heavy (non-hydrogen) atoms. The van der Waals surface area contributed by atoms with Crippen molar-refractivity contribution in [2.24, 2.45) is 0 Å². The first-order chi connectivity index (χ1) is 12.2. The zero-order valence-corrected chi connectivity index (χ0v) is 13.5. The standard InChI is InChI=1S/C18H18N4O3/c23-17(7-9-19-18(24)16-6-2-11-25-16)21-15-5-1-4-14(12-15)13-22-10-3-8-20-22/h1-6,8,10-12H,7,9,13H2,(H,19,24)(H,21,23). The Kier molecular flexibility index (Phi) is 5.26. The Hall–Kier alpha value is -3.35. The van der Waals surface area contributed by atoms with Crippen LogP contribution in [0.3, 0.4) is 0 Å². The van der Waals surface area contributed by atoms with E-state index < -0.39 is 0 Å². The van der Waals surface area contributed by atoms with Gasteiger partial charge in [0.05, 0.1) is 12.8 Å². The first-order valence-electron chi connectivity index (χ1n) is 7.88. The highest BCUT2D eigenvalue weighted by Gasteiger charge is 2.09. The van der Waals surface area contributed by atoms with Gasteiger partial charge in [0.2, 0.25) is 5.91 Å². The van der Waals surface area contributed by atoms with E-state index in [4.69, 9.17) is 4.42 Å². The summed E-state index contributed by atoms with van der Waals surface area (Å²) in [5.41, 5.74) is 1.75. The molecule has 2 N–H and O–H groups in total. The number of amides is 2. The number of hydrogen-bond acceptors (Lipinski definition) is 4. The Morgan fingerprint density at radius 1 is 1.16 bits per heavy atom. The van der Waals surface area contributed by atoms with Crippen molar-refractivity contribution in [3.05, 3.63) is 72.4 Å². The van der Waals surface area contributed by atoms with Crippen LogP contribution < -0.4 is 10.6 Å². The number of carbonyl (C=O) groups is 2. The van der Waals surface area contributed by atoms with Gasteiger partial charge in [0.1, 0.15) is 0 Å². The third kappa shape index (κ3) is 4.81. The maximum atomic E-state index is 12.0. The summed E-state index contributed by atoms with van der Waals surface area (Å²) in [4.78, 5) is 23.7. The summed E-state index contributed by atoms with van der Waals surface area (Å²) in [7, 11) is 0. The van der Waals surface area contributed by atoms with Crippen LogP contribution in [-0.2, 0) is 11.3 Å². The fourth-order valence-corrected chi connectivity index (χ4v) is 2.34. The molecule has 7 heteroatoms. The number of hydrogen-bond donors (Lipinski definition) is 2. The summed E-state index contributed by atoms with van der Waals surface area (Å²) in [6.45, 7) is 0.869. The quantitative estimate of drug-likeness (QED) is 0.692. The number of anilines is 1. The van der Waals surface area contributed by atoms with Crippen LogP contribution in [0.4, 0.5) is 5.69 Å². The second-order valence-electron chi connectivity index (χ2n) is 5.44. The average Bonchev–Trinajstić information content (AvgIpc) is 3.28. The SMILES string of the molecule is O=C(CCNC(=O)c1ccco1)Nc1cccc(Cn2cccn2)c1. The maximum absolute atomic E-state index is 12.0. The zero-order chi connectivity index (χ0) is 17.5. The normalized spacial score (nSPS) is 10.4. The van der Waals surface area contributed by atoms with Crippen LogP contribution in [0.5, 0.6) is 0 Å². The van der Waals surface area contributed by atoms with Gasteiger partial charge in [-0.3, -0.25) is 14.3 Å². The van der Waals surface area contributed by atoms with Gasteiger partial charge in [0.25, 0.3) is 5.91 Å². The minimum atomic E-state index is -0.334. The molecule has 0 unspecified atom stereocenters. The summed E-state index contributed by atoms with van der Waals surface area (Å²) >= 11 is 0. The Balaban J connectivity index is 1.47. The van der Waals surface area contributed by atoms with Crippen molar-refractivity contribution in [3.8, 4) is 0 Å². The van der Waals surface area contributed by atoms with E-state index in [1.54, 1.807) is 18.3 Å². The number of nitrogens with one attached hydrogen (secondary N) is 2. The predicted molar refractivity (Wildman–Crippen MR) is 92.1 cm³/mol. The third-order valence-electron chi connectivity index (χ3n) is 3.50. The van der Waals surface area contributed by atoms with E-state index in [9.17, 15) is 9.59 Å². The van der Waals surface area contributed by atoms with E-state index in [0.717, 1.165) is 5.56 Å². The van der Waals surface area contributed by atoms with Crippen LogP contribution in [-0.4, -0.2) is 28.1 Å². The number of carbonyl (C=O) groups excluding carboxylic acids is 2. The molecule has 0 aliphatic heterocycles. The summed E-state index contributed by atoms with van der Waals surface area (Å²) < 4.78 is 6.80. The first-order valence-corrected chi connectivity index (χ1v) is 7.88. The lowest BCUT2D eigenvalue weighted by Crippen LogP contribution is -2.27. The molecule has 2 heterocycles. The average molecular weight is 338 g/mol. The molecule has 3 aromatic rings. The Bertz CT molecular complexity index is 826. The van der Waals surface area contributed by atoms with Gasteiger partial charge in [-0.25, -0.2) is 0 Å². The smallest absolute Gasteiger partial charge is 0.286 e. The van der Waals surface area contributed by atoms with E-state index >= 15 is 0 Å². The first kappa shape index (κ1) is 16.5. The molecular weight excluding hydrogens is 320 g/mol. The van der Waals surface area contributed by atoms with Crippen molar-refractivity contribution in [1.29, 1.82) is 0 Å². The monoisotopic (exact) mass is 338 g/mol. The van der Waals surface area contributed by atoms with Crippen molar-refractivity contribution in [2.75, 3.05) is 11.9 Å². The molecule has 0 saturated carbocycles. The van der Waals surface area contributed by atoms with Gasteiger partial charge < -0.3 is 15.1 Å². The van der Waals surface area contributed by atoms with Gasteiger partial charge in [-0.1, -0.05) is 12.1 Å². The molecule has 0 spiro atoms. The van der Waals surface area contributed by atoms with Crippen molar-refractivity contribution < 1.29 is 14.0 Å². The van der Waals surface area contributed by atoms with Crippen LogP contribution in [0.15, 0.2) is 65.5 Å². The molecule has 3 rings (SSSR count). The fraction of sp³-hybridized carbons (Fsp3) is 0.167. The lowest BCUT2D eigenvalue weighted by Gasteiger charge is -2.08. The zero-order valence-electron chi connectivity index (χ0n) is 13.5. The van der Waals surface area contributed by atoms with E-state index in [-0.39, 0.29) is 30.5 Å². The Labute approximate surface area is 144 Å². The van der Waals surface area contributed by atoms with Crippen LogP contribution in [0.1, 0.15) is 22.5 Å². The second-order valence-corrected chi connectivity index (χ2v) is 5.44. The van der Waals surface area contributed by atoms with E-state index in [1.165, 1.54) is 6.26 Å². The van der Waals surface area contributed by atoms with Gasteiger partial charge in [-0.15, -0.1) is 0 Å². The molecule has 0 fully saturated rings. The topological polar surface area (TPSA) is 89.2 Å². The molecule has 128 valence electrons. The molecule has 0 radical (unpaired) electrons. The molecule has 2 amide bonds. The van der Waals surface area contributed by atoms with Gasteiger partial charge in [-0.2, -0.15) is 5.10 Å². The molecule has 0 aliphatic rings. The third-order valence-corrected chi connectivity index (χ3v) is 3.50. The molecular formula is C18H18N4O3. The number of benzene rings is 1. The molecule has 0 atom stereocenters. The van der Waals surface area contributed by atoms with E-state index in [0.29, 0.717) is 12.2 Å². The number of rotatable bonds is 7. The molecule has 2 aromatic heterocycles. The summed E-state index contributed by atoms with van der Waals surface area (Å²) in [6.07, 6.45) is 5.21. The minimum absolute atomic E-state index is 0.170. The van der Waals surface area contributed by atoms with Crippen molar-refractivity contribution in [3.63, 3.8) is 0 Å². The van der Waals surface area contributed by atoms with Crippen LogP contribution in [0, 0.1) is 0 Å². The van der Waals surface area contributed by atoms with E-state index in [2.05, 4.69) is 15.7 Å². The van der Waals surface area contributed by atoms with Gasteiger partial charge in [-0.05, 0) is 35.9 Å². The van der Waals surface area contributed by atoms with E-state index in [1.807, 2.05) is 41.2 Å². The Morgan fingerprint density at radius 2 is 2.08 bits per heavy atom. The van der Waals surface area contributed by atoms with Gasteiger partial charge in [0.15, 0.2) is 5.76 Å². The van der Waals surface area contributed by atoms with Gasteiger partial charge >= 0.3 is 0 Å². The van der Waals surface area contributed by atoms with Gasteiger partial charge in [0, 0.05) is 31.0 Å². The fourth-order valence-electron chi connectivity index (χ4n) is 2.34. The number of nitrogens with zero attached hydrogens (tertiary/aromatic N) is 2. The minimum Gasteiger partial charge on any atom is -0.459 e. The lowest BCUT2D eigenvalue weighted by atomic mass is 10.2. The van der Waals surface area contributed by atoms with Crippen LogP contribution in [0.2, 0.25) is 0 Å². The Morgan fingerprint density at radius 3 is 2.84 bits per heavy atom.